The predicted octanol–water partition coefficient (Wildman–Crippen LogP) is 5.15. The van der Waals surface area contributed by atoms with Crippen LogP contribution < -0.4 is 0 Å². The van der Waals surface area contributed by atoms with Crippen LogP contribution in [0.15, 0.2) is 56.1 Å². The van der Waals surface area contributed by atoms with Crippen molar-refractivity contribution in [2.45, 2.75) is 6.42 Å². The number of ether oxygens (including phenoxy) is 1. The summed E-state index contributed by atoms with van der Waals surface area (Å²) in [6.07, 6.45) is 2.70. The summed E-state index contributed by atoms with van der Waals surface area (Å²) in [5.74, 6) is 0.000284. The van der Waals surface area contributed by atoms with E-state index in [1.54, 1.807) is 23.3 Å². The van der Waals surface area contributed by atoms with Crippen LogP contribution in [-0.4, -0.2) is 36.2 Å². The maximum atomic E-state index is 12.8. The molecule has 0 radical (unpaired) electrons. The second-order valence-corrected chi connectivity index (χ2v) is 8.79. The van der Waals surface area contributed by atoms with Crippen LogP contribution in [0.2, 0.25) is 0 Å². The van der Waals surface area contributed by atoms with Crippen molar-refractivity contribution in [2.75, 3.05) is 20.3 Å². The molecule has 1 amide bonds. The predicted molar refractivity (Wildman–Crippen MR) is 109 cm³/mol. The maximum absolute atomic E-state index is 12.8. The van der Waals surface area contributed by atoms with Gasteiger partial charge in [-0.2, -0.15) is 0 Å². The van der Waals surface area contributed by atoms with Gasteiger partial charge in [0, 0.05) is 25.1 Å². The first-order chi connectivity index (χ1) is 12.2. The summed E-state index contributed by atoms with van der Waals surface area (Å²) in [6.45, 7) is 1.21. The van der Waals surface area contributed by atoms with E-state index in [1.807, 2.05) is 48.5 Å². The van der Waals surface area contributed by atoms with Crippen LogP contribution in [0, 0.1) is 0 Å². The van der Waals surface area contributed by atoms with Crippen LogP contribution in [0.4, 0.5) is 5.69 Å². The molecule has 25 heavy (non-hydrogen) atoms. The van der Waals surface area contributed by atoms with E-state index in [0.717, 1.165) is 20.8 Å². The molecule has 0 unspecified atom stereocenters. The van der Waals surface area contributed by atoms with Crippen molar-refractivity contribution in [3.05, 3.63) is 56.0 Å². The van der Waals surface area contributed by atoms with Crippen molar-refractivity contribution in [1.82, 2.24) is 4.90 Å². The Hall–Kier alpha value is -1.41. The van der Waals surface area contributed by atoms with Crippen LogP contribution in [0.1, 0.15) is 11.3 Å². The lowest BCUT2D eigenvalue weighted by atomic mass is 10.3. The number of hydrogen-bond donors (Lipinski definition) is 0. The van der Waals surface area contributed by atoms with Crippen LogP contribution >= 0.6 is 39.0 Å². The first kappa shape index (κ1) is 18.4. The first-order valence-electron chi connectivity index (χ1n) is 7.77. The standard InChI is InChI=1S/C18H17BrN2O2S2/c1-23-11-5-10-21-17(22)15(12-14-8-9-16(19)24-14)25-18(21)20-13-6-3-2-4-7-13/h2-4,6-9,12H,5,10-11H2,1H3/b15-12-,20-18?. The molecule has 0 atom stereocenters. The van der Waals surface area contributed by atoms with Crippen molar-refractivity contribution in [1.29, 1.82) is 0 Å². The zero-order valence-corrected chi connectivity index (χ0v) is 16.9. The molecule has 1 saturated heterocycles. The Labute approximate surface area is 163 Å². The Kier molecular flexibility index (Phi) is 6.47. The second kappa shape index (κ2) is 8.80. The fourth-order valence-electron chi connectivity index (χ4n) is 2.30. The number of methoxy groups -OCH3 is 1. The fraction of sp³-hybridized carbons (Fsp3) is 0.222. The molecule has 0 spiro atoms. The fourth-order valence-corrected chi connectivity index (χ4v) is 4.76. The van der Waals surface area contributed by atoms with Crippen LogP contribution in [-0.2, 0) is 9.53 Å². The van der Waals surface area contributed by atoms with Gasteiger partial charge in [0.15, 0.2) is 5.17 Å². The molecular weight excluding hydrogens is 420 g/mol. The van der Waals surface area contributed by atoms with Gasteiger partial charge in [-0.1, -0.05) is 18.2 Å². The summed E-state index contributed by atoms with van der Waals surface area (Å²) in [7, 11) is 1.67. The van der Waals surface area contributed by atoms with Gasteiger partial charge < -0.3 is 4.74 Å². The van der Waals surface area contributed by atoms with Crippen molar-refractivity contribution in [2.24, 2.45) is 4.99 Å². The third-order valence-corrected chi connectivity index (χ3v) is 6.04. The molecular formula is C18H17BrN2O2S2. The Morgan fingerprint density at radius 1 is 1.24 bits per heavy atom. The number of nitrogens with zero attached hydrogens (tertiary/aromatic N) is 2. The average Bonchev–Trinajstić information content (AvgIpc) is 3.14. The van der Waals surface area contributed by atoms with E-state index in [0.29, 0.717) is 23.2 Å². The topological polar surface area (TPSA) is 41.9 Å². The summed E-state index contributed by atoms with van der Waals surface area (Å²) in [5, 5.41) is 0.717. The minimum Gasteiger partial charge on any atom is -0.385 e. The van der Waals surface area contributed by atoms with Crippen LogP contribution in [0.5, 0.6) is 0 Å². The average molecular weight is 437 g/mol. The largest absolute Gasteiger partial charge is 0.385 e. The molecule has 7 heteroatoms. The summed E-state index contributed by atoms with van der Waals surface area (Å²) in [5.41, 5.74) is 0.842. The number of rotatable bonds is 6. The summed E-state index contributed by atoms with van der Waals surface area (Å²) in [4.78, 5) is 21.0. The van der Waals surface area contributed by atoms with E-state index in [2.05, 4.69) is 20.9 Å². The molecule has 0 N–H and O–H groups in total. The van der Waals surface area contributed by atoms with Crippen molar-refractivity contribution < 1.29 is 9.53 Å². The van der Waals surface area contributed by atoms with Gasteiger partial charge in [-0.05, 0) is 64.5 Å². The summed E-state index contributed by atoms with van der Waals surface area (Å²) in [6, 6.07) is 13.7. The lowest BCUT2D eigenvalue weighted by Gasteiger charge is -2.15. The number of amides is 1. The van der Waals surface area contributed by atoms with E-state index in [9.17, 15) is 4.79 Å². The molecule has 1 aromatic heterocycles. The molecule has 3 rings (SSSR count). The van der Waals surface area contributed by atoms with E-state index in [1.165, 1.54) is 11.8 Å². The lowest BCUT2D eigenvalue weighted by molar-refractivity contribution is -0.122. The highest BCUT2D eigenvalue weighted by molar-refractivity contribution is 9.11. The van der Waals surface area contributed by atoms with Gasteiger partial charge in [0.1, 0.15) is 0 Å². The molecule has 0 aliphatic carbocycles. The molecule has 0 saturated carbocycles. The Morgan fingerprint density at radius 2 is 2.04 bits per heavy atom. The molecule has 130 valence electrons. The lowest BCUT2D eigenvalue weighted by Crippen LogP contribution is -2.30. The zero-order chi connectivity index (χ0) is 17.6. The monoisotopic (exact) mass is 436 g/mol. The number of halogens is 1. The quantitative estimate of drug-likeness (QED) is 0.464. The van der Waals surface area contributed by atoms with Crippen LogP contribution in [0.3, 0.4) is 0 Å². The van der Waals surface area contributed by atoms with E-state index >= 15 is 0 Å². The second-order valence-electron chi connectivity index (χ2n) is 5.29. The van der Waals surface area contributed by atoms with Gasteiger partial charge in [-0.3, -0.25) is 9.69 Å². The summed E-state index contributed by atoms with van der Waals surface area (Å²) >= 11 is 6.48. The number of thiophene rings is 1. The molecule has 0 bridgehead atoms. The molecule has 1 aliphatic rings. The number of amidine groups is 1. The van der Waals surface area contributed by atoms with Crippen molar-refractivity contribution >= 4 is 61.9 Å². The van der Waals surface area contributed by atoms with E-state index < -0.39 is 0 Å². The summed E-state index contributed by atoms with van der Waals surface area (Å²) < 4.78 is 6.16. The maximum Gasteiger partial charge on any atom is 0.266 e. The normalized spacial score (nSPS) is 17.8. The van der Waals surface area contributed by atoms with Gasteiger partial charge in [0.05, 0.1) is 14.4 Å². The van der Waals surface area contributed by atoms with Crippen molar-refractivity contribution in [3.8, 4) is 0 Å². The highest BCUT2D eigenvalue weighted by Gasteiger charge is 2.33. The number of thioether (sulfide) groups is 1. The minimum atomic E-state index is 0.000284. The number of carbonyl (C=O) groups excluding carboxylic acids is 1. The third kappa shape index (κ3) is 4.82. The number of aliphatic imine (C=N–C) groups is 1. The van der Waals surface area contributed by atoms with Crippen molar-refractivity contribution in [3.63, 3.8) is 0 Å². The van der Waals surface area contributed by atoms with E-state index in [-0.39, 0.29) is 5.91 Å². The zero-order valence-electron chi connectivity index (χ0n) is 13.6. The Bertz CT molecular complexity index is 802. The highest BCUT2D eigenvalue weighted by Crippen LogP contribution is 2.35. The van der Waals surface area contributed by atoms with Gasteiger partial charge >= 0.3 is 0 Å². The number of hydrogen-bond acceptors (Lipinski definition) is 5. The third-order valence-electron chi connectivity index (χ3n) is 3.47. The molecule has 1 aliphatic heterocycles. The number of carbonyl (C=O) groups is 1. The Balaban J connectivity index is 1.87. The molecule has 1 fully saturated rings. The van der Waals surface area contributed by atoms with E-state index in [4.69, 9.17) is 4.74 Å². The SMILES string of the molecule is COCCCN1C(=O)/C(=C/c2ccc(Br)s2)SC1=Nc1ccccc1. The molecule has 2 heterocycles. The molecule has 4 nitrogen and oxygen atoms in total. The van der Waals surface area contributed by atoms with Gasteiger partial charge in [-0.15, -0.1) is 11.3 Å². The number of benzene rings is 1. The van der Waals surface area contributed by atoms with Crippen LogP contribution in [0.25, 0.3) is 6.08 Å². The van der Waals surface area contributed by atoms with Gasteiger partial charge in [0.2, 0.25) is 0 Å². The first-order valence-corrected chi connectivity index (χ1v) is 10.2. The minimum absolute atomic E-state index is 0.000284. The van der Waals surface area contributed by atoms with Gasteiger partial charge in [-0.25, -0.2) is 4.99 Å². The smallest absolute Gasteiger partial charge is 0.266 e. The Morgan fingerprint density at radius 3 is 2.72 bits per heavy atom. The molecule has 1 aromatic carbocycles. The molecule has 2 aromatic rings. The highest BCUT2D eigenvalue weighted by atomic mass is 79.9. The number of para-hydroxylation sites is 1. The van der Waals surface area contributed by atoms with Gasteiger partial charge in [0.25, 0.3) is 5.91 Å².